The summed E-state index contributed by atoms with van der Waals surface area (Å²) in [5.41, 5.74) is 3.77. The molecule has 0 bridgehead atoms. The van der Waals surface area contributed by atoms with E-state index in [9.17, 15) is 9.59 Å². The Bertz CT molecular complexity index is 1030. The molecule has 0 aliphatic rings. The summed E-state index contributed by atoms with van der Waals surface area (Å²) in [5.74, 6) is -0.259. The highest BCUT2D eigenvalue weighted by Gasteiger charge is 2.17. The van der Waals surface area contributed by atoms with E-state index in [4.69, 9.17) is 0 Å². The van der Waals surface area contributed by atoms with Gasteiger partial charge < -0.3 is 5.32 Å². The van der Waals surface area contributed by atoms with E-state index in [-0.39, 0.29) is 24.1 Å². The van der Waals surface area contributed by atoms with E-state index < -0.39 is 0 Å². The van der Waals surface area contributed by atoms with Gasteiger partial charge >= 0.3 is 0 Å². The molecule has 0 aliphatic carbocycles. The van der Waals surface area contributed by atoms with Crippen molar-refractivity contribution in [2.75, 3.05) is 0 Å². The van der Waals surface area contributed by atoms with Crippen LogP contribution < -0.4 is 10.9 Å². The number of carbonyl (C=O) groups excluding carboxylic acids is 1. The Balaban J connectivity index is 1.83. The molecule has 7 nitrogen and oxygen atoms in total. The lowest BCUT2D eigenvalue weighted by Gasteiger charge is -2.15. The SMILES string of the molecule is Cc1ccc([C@H](C)NC(=O)Cn2nc(C)c3c(C)nn(C)c3c2=O)cc1. The molecular weight excluding hydrogens is 330 g/mol. The summed E-state index contributed by atoms with van der Waals surface area (Å²) >= 11 is 0. The maximum atomic E-state index is 12.7. The molecule has 0 spiro atoms. The van der Waals surface area contributed by atoms with Gasteiger partial charge in [0.15, 0.2) is 0 Å². The first-order chi connectivity index (χ1) is 12.3. The molecule has 0 aliphatic heterocycles. The summed E-state index contributed by atoms with van der Waals surface area (Å²) < 4.78 is 2.75. The number of rotatable bonds is 4. The van der Waals surface area contributed by atoms with Crippen molar-refractivity contribution < 1.29 is 4.79 Å². The highest BCUT2D eigenvalue weighted by Crippen LogP contribution is 2.16. The number of aryl methyl sites for hydroxylation is 4. The minimum Gasteiger partial charge on any atom is -0.348 e. The Morgan fingerprint density at radius 1 is 1.12 bits per heavy atom. The van der Waals surface area contributed by atoms with Gasteiger partial charge in [0.05, 0.1) is 22.8 Å². The fourth-order valence-corrected chi connectivity index (χ4v) is 3.20. The molecule has 0 saturated heterocycles. The first kappa shape index (κ1) is 17.8. The number of aromatic nitrogens is 4. The van der Waals surface area contributed by atoms with Crippen LogP contribution in [0.1, 0.15) is 35.5 Å². The van der Waals surface area contributed by atoms with Crippen molar-refractivity contribution in [3.8, 4) is 0 Å². The lowest BCUT2D eigenvalue weighted by Crippen LogP contribution is -2.35. The Morgan fingerprint density at radius 2 is 1.73 bits per heavy atom. The zero-order valence-corrected chi connectivity index (χ0v) is 15.7. The Morgan fingerprint density at radius 3 is 2.38 bits per heavy atom. The lowest BCUT2D eigenvalue weighted by atomic mass is 10.1. The average molecular weight is 353 g/mol. The van der Waals surface area contributed by atoms with Crippen molar-refractivity contribution in [1.82, 2.24) is 24.9 Å². The molecule has 2 aromatic heterocycles. The second kappa shape index (κ2) is 6.74. The van der Waals surface area contributed by atoms with Gasteiger partial charge in [-0.2, -0.15) is 10.2 Å². The van der Waals surface area contributed by atoms with Gasteiger partial charge in [-0.1, -0.05) is 29.8 Å². The quantitative estimate of drug-likeness (QED) is 0.777. The van der Waals surface area contributed by atoms with Gasteiger partial charge in [-0.15, -0.1) is 0 Å². The number of hydrogen-bond acceptors (Lipinski definition) is 4. The molecule has 0 radical (unpaired) electrons. The van der Waals surface area contributed by atoms with Crippen LogP contribution in [0.4, 0.5) is 0 Å². The first-order valence-corrected chi connectivity index (χ1v) is 8.55. The standard InChI is InChI=1S/C19H23N5O2/c1-11-6-8-15(9-7-11)12(2)20-16(25)10-24-19(26)18-17(14(4)22-24)13(3)21-23(18)5/h6-9,12H,10H2,1-5H3,(H,20,25)/t12-/m0/s1. The molecule has 26 heavy (non-hydrogen) atoms. The third-order valence-corrected chi connectivity index (χ3v) is 4.54. The number of hydrogen-bond donors (Lipinski definition) is 1. The summed E-state index contributed by atoms with van der Waals surface area (Å²) in [6.45, 7) is 7.47. The van der Waals surface area contributed by atoms with Gasteiger partial charge in [0, 0.05) is 7.05 Å². The van der Waals surface area contributed by atoms with Crippen LogP contribution in [0.15, 0.2) is 29.1 Å². The summed E-state index contributed by atoms with van der Waals surface area (Å²) in [4.78, 5) is 25.1. The molecule has 1 atom stereocenters. The van der Waals surface area contributed by atoms with Crippen molar-refractivity contribution in [2.24, 2.45) is 7.05 Å². The van der Waals surface area contributed by atoms with Gasteiger partial charge in [-0.25, -0.2) is 4.68 Å². The summed E-state index contributed by atoms with van der Waals surface area (Å²) in [6, 6.07) is 7.83. The molecule has 2 heterocycles. The molecule has 3 rings (SSSR count). The predicted octanol–water partition coefficient (Wildman–Crippen LogP) is 1.93. The van der Waals surface area contributed by atoms with Gasteiger partial charge in [0.1, 0.15) is 12.1 Å². The van der Waals surface area contributed by atoms with Crippen molar-refractivity contribution in [2.45, 2.75) is 40.3 Å². The number of amides is 1. The van der Waals surface area contributed by atoms with E-state index in [1.165, 1.54) is 10.2 Å². The minimum absolute atomic E-state index is 0.129. The second-order valence-electron chi connectivity index (χ2n) is 6.68. The number of carbonyl (C=O) groups is 1. The molecule has 1 amide bonds. The maximum Gasteiger partial charge on any atom is 0.293 e. The Kier molecular flexibility index (Phi) is 4.63. The monoisotopic (exact) mass is 353 g/mol. The maximum absolute atomic E-state index is 12.7. The number of benzene rings is 1. The molecule has 1 aromatic carbocycles. The van der Waals surface area contributed by atoms with E-state index in [0.717, 1.165) is 16.6 Å². The Labute approximate surface area is 151 Å². The van der Waals surface area contributed by atoms with Crippen LogP contribution in [0.5, 0.6) is 0 Å². The molecular formula is C19H23N5O2. The molecule has 0 unspecified atom stereocenters. The van der Waals surface area contributed by atoms with E-state index in [1.807, 2.05) is 52.0 Å². The van der Waals surface area contributed by atoms with E-state index in [2.05, 4.69) is 15.5 Å². The highest BCUT2D eigenvalue weighted by molar-refractivity contribution is 5.83. The third kappa shape index (κ3) is 3.24. The molecule has 136 valence electrons. The smallest absolute Gasteiger partial charge is 0.293 e. The van der Waals surface area contributed by atoms with Crippen molar-refractivity contribution in [3.05, 3.63) is 57.1 Å². The van der Waals surface area contributed by atoms with Crippen LogP contribution in [0.25, 0.3) is 10.9 Å². The van der Waals surface area contributed by atoms with Crippen molar-refractivity contribution in [1.29, 1.82) is 0 Å². The molecule has 0 saturated carbocycles. The van der Waals surface area contributed by atoms with Gasteiger partial charge in [-0.05, 0) is 33.3 Å². The van der Waals surface area contributed by atoms with E-state index >= 15 is 0 Å². The number of nitrogens with zero attached hydrogens (tertiary/aromatic N) is 4. The summed E-state index contributed by atoms with van der Waals surface area (Å²) in [7, 11) is 1.72. The second-order valence-corrected chi connectivity index (χ2v) is 6.68. The number of fused-ring (bicyclic) bond motifs is 1. The van der Waals surface area contributed by atoms with Crippen molar-refractivity contribution in [3.63, 3.8) is 0 Å². The topological polar surface area (TPSA) is 81.8 Å². The fraction of sp³-hybridized carbons (Fsp3) is 0.368. The number of nitrogens with one attached hydrogen (secondary N) is 1. The van der Waals surface area contributed by atoms with Gasteiger partial charge in [-0.3, -0.25) is 14.3 Å². The van der Waals surface area contributed by atoms with Gasteiger partial charge in [0.2, 0.25) is 5.91 Å². The predicted molar refractivity (Wildman–Crippen MR) is 100.0 cm³/mol. The lowest BCUT2D eigenvalue weighted by molar-refractivity contribution is -0.122. The third-order valence-electron chi connectivity index (χ3n) is 4.54. The van der Waals surface area contributed by atoms with Crippen LogP contribution in [0.2, 0.25) is 0 Å². The van der Waals surface area contributed by atoms with Crippen LogP contribution in [0, 0.1) is 20.8 Å². The van der Waals surface area contributed by atoms with E-state index in [1.54, 1.807) is 11.7 Å². The minimum atomic E-state index is -0.313. The van der Waals surface area contributed by atoms with Crippen LogP contribution in [0.3, 0.4) is 0 Å². The largest absolute Gasteiger partial charge is 0.348 e. The van der Waals surface area contributed by atoms with Crippen molar-refractivity contribution >= 4 is 16.8 Å². The summed E-state index contributed by atoms with van der Waals surface area (Å²) in [6.07, 6.45) is 0. The normalized spacial score (nSPS) is 12.3. The fourth-order valence-electron chi connectivity index (χ4n) is 3.20. The zero-order valence-electron chi connectivity index (χ0n) is 15.7. The van der Waals surface area contributed by atoms with Crippen LogP contribution in [-0.4, -0.2) is 25.5 Å². The molecule has 7 heteroatoms. The van der Waals surface area contributed by atoms with E-state index in [0.29, 0.717) is 11.2 Å². The molecule has 0 fully saturated rings. The molecule has 3 aromatic rings. The first-order valence-electron chi connectivity index (χ1n) is 8.55. The average Bonchev–Trinajstić information content (AvgIpc) is 2.87. The summed E-state index contributed by atoms with van der Waals surface area (Å²) in [5, 5.41) is 12.3. The zero-order chi connectivity index (χ0) is 19.0. The highest BCUT2D eigenvalue weighted by atomic mass is 16.2. The van der Waals surface area contributed by atoms with Crippen LogP contribution in [-0.2, 0) is 18.4 Å². The van der Waals surface area contributed by atoms with Gasteiger partial charge in [0.25, 0.3) is 5.56 Å². The Hall–Kier alpha value is -2.96. The van der Waals surface area contributed by atoms with Crippen LogP contribution >= 0.6 is 0 Å². The molecule has 1 N–H and O–H groups in total.